The first-order chi connectivity index (χ1) is 10.6. The molecular formula is C15H14ClN5O. The van der Waals surface area contributed by atoms with Crippen LogP contribution >= 0.6 is 11.6 Å². The Morgan fingerprint density at radius 3 is 2.82 bits per heavy atom. The molecule has 0 saturated heterocycles. The van der Waals surface area contributed by atoms with E-state index in [1.807, 2.05) is 24.3 Å². The molecule has 22 heavy (non-hydrogen) atoms. The number of fused-ring (bicyclic) bond motifs is 1. The molecule has 0 aliphatic carbocycles. The van der Waals surface area contributed by atoms with Crippen LogP contribution in [0.4, 0.5) is 0 Å². The average molecular weight is 316 g/mol. The molecule has 1 aromatic carbocycles. The smallest absolute Gasteiger partial charge is 0.252 e. The van der Waals surface area contributed by atoms with Gasteiger partial charge in [-0.2, -0.15) is 5.10 Å². The van der Waals surface area contributed by atoms with Gasteiger partial charge in [-0.1, -0.05) is 17.7 Å². The van der Waals surface area contributed by atoms with Crippen LogP contribution in [0.3, 0.4) is 0 Å². The summed E-state index contributed by atoms with van der Waals surface area (Å²) in [5.74, 6) is -0.527. The molecule has 0 bridgehead atoms. The SMILES string of the molecule is NCc1nn(Cc2ccc3ncc(Cl)cc3c2)cc1C(N)=O. The Morgan fingerprint density at radius 2 is 2.14 bits per heavy atom. The fourth-order valence-electron chi connectivity index (χ4n) is 2.34. The minimum absolute atomic E-state index is 0.169. The van der Waals surface area contributed by atoms with E-state index in [1.54, 1.807) is 17.1 Å². The van der Waals surface area contributed by atoms with Crippen molar-refractivity contribution >= 4 is 28.4 Å². The zero-order valence-corrected chi connectivity index (χ0v) is 12.4. The summed E-state index contributed by atoms with van der Waals surface area (Å²) in [5, 5.41) is 5.83. The highest BCUT2D eigenvalue weighted by atomic mass is 35.5. The summed E-state index contributed by atoms with van der Waals surface area (Å²) in [6, 6.07) is 7.72. The van der Waals surface area contributed by atoms with Gasteiger partial charge in [0.1, 0.15) is 0 Å². The molecule has 112 valence electrons. The van der Waals surface area contributed by atoms with E-state index in [1.165, 1.54) is 0 Å². The van der Waals surface area contributed by atoms with Crippen molar-refractivity contribution in [2.75, 3.05) is 0 Å². The molecule has 2 heterocycles. The van der Waals surface area contributed by atoms with Gasteiger partial charge in [0.05, 0.1) is 28.3 Å². The number of rotatable bonds is 4. The van der Waals surface area contributed by atoms with Gasteiger partial charge in [0.2, 0.25) is 0 Å². The molecule has 2 aromatic heterocycles. The quantitative estimate of drug-likeness (QED) is 0.765. The van der Waals surface area contributed by atoms with Crippen molar-refractivity contribution in [1.82, 2.24) is 14.8 Å². The summed E-state index contributed by atoms with van der Waals surface area (Å²) in [4.78, 5) is 15.6. The molecule has 7 heteroatoms. The minimum atomic E-state index is -0.527. The van der Waals surface area contributed by atoms with Gasteiger partial charge in [-0.15, -0.1) is 0 Å². The van der Waals surface area contributed by atoms with Crippen molar-refractivity contribution in [3.8, 4) is 0 Å². The Hall–Kier alpha value is -2.44. The van der Waals surface area contributed by atoms with E-state index in [-0.39, 0.29) is 6.54 Å². The van der Waals surface area contributed by atoms with Crippen LogP contribution < -0.4 is 11.5 Å². The van der Waals surface area contributed by atoms with Gasteiger partial charge in [0.15, 0.2) is 0 Å². The van der Waals surface area contributed by atoms with Gasteiger partial charge in [-0.25, -0.2) is 0 Å². The first-order valence-corrected chi connectivity index (χ1v) is 7.05. The summed E-state index contributed by atoms with van der Waals surface area (Å²) in [6.45, 7) is 0.672. The average Bonchev–Trinajstić information content (AvgIpc) is 2.90. The molecule has 0 radical (unpaired) electrons. The monoisotopic (exact) mass is 315 g/mol. The molecule has 0 atom stereocenters. The van der Waals surface area contributed by atoms with E-state index < -0.39 is 5.91 Å². The number of halogens is 1. The number of hydrogen-bond donors (Lipinski definition) is 2. The summed E-state index contributed by atoms with van der Waals surface area (Å²) < 4.78 is 1.65. The number of pyridine rings is 1. The van der Waals surface area contributed by atoms with E-state index in [0.29, 0.717) is 22.8 Å². The minimum Gasteiger partial charge on any atom is -0.365 e. The van der Waals surface area contributed by atoms with E-state index in [2.05, 4.69) is 10.1 Å². The number of hydrogen-bond acceptors (Lipinski definition) is 4. The Labute approximate surface area is 131 Å². The fraction of sp³-hybridized carbons (Fsp3) is 0.133. The lowest BCUT2D eigenvalue weighted by Crippen LogP contribution is -2.13. The number of nitrogens with zero attached hydrogens (tertiary/aromatic N) is 3. The van der Waals surface area contributed by atoms with Crippen LogP contribution in [0.1, 0.15) is 21.6 Å². The van der Waals surface area contributed by atoms with Crippen molar-refractivity contribution < 1.29 is 4.79 Å². The van der Waals surface area contributed by atoms with Crippen molar-refractivity contribution in [2.24, 2.45) is 11.5 Å². The zero-order chi connectivity index (χ0) is 15.7. The molecule has 3 aromatic rings. The standard InChI is InChI=1S/C15H14ClN5O/c16-11-4-10-3-9(1-2-13(10)19-6-11)7-21-8-12(15(18)22)14(5-17)20-21/h1-4,6,8H,5,7,17H2,(H2,18,22). The Bertz CT molecular complexity index is 858. The first-order valence-electron chi connectivity index (χ1n) is 6.67. The van der Waals surface area contributed by atoms with E-state index in [0.717, 1.165) is 16.5 Å². The molecule has 0 spiro atoms. The number of nitrogens with two attached hydrogens (primary N) is 2. The number of benzene rings is 1. The van der Waals surface area contributed by atoms with Crippen LogP contribution in [0.5, 0.6) is 0 Å². The highest BCUT2D eigenvalue weighted by molar-refractivity contribution is 6.31. The summed E-state index contributed by atoms with van der Waals surface area (Å²) in [7, 11) is 0. The predicted octanol–water partition coefficient (Wildman–Crippen LogP) is 1.69. The maximum absolute atomic E-state index is 11.3. The fourth-order valence-corrected chi connectivity index (χ4v) is 2.50. The highest BCUT2D eigenvalue weighted by Gasteiger charge is 2.12. The van der Waals surface area contributed by atoms with Gasteiger partial charge in [-0.3, -0.25) is 14.5 Å². The molecule has 4 N–H and O–H groups in total. The van der Waals surface area contributed by atoms with E-state index >= 15 is 0 Å². The molecule has 0 fully saturated rings. The van der Waals surface area contributed by atoms with Gasteiger partial charge in [-0.05, 0) is 23.8 Å². The number of carbonyl (C=O) groups is 1. The maximum Gasteiger partial charge on any atom is 0.252 e. The summed E-state index contributed by atoms with van der Waals surface area (Å²) >= 11 is 5.96. The Kier molecular flexibility index (Phi) is 3.79. The summed E-state index contributed by atoms with van der Waals surface area (Å²) in [5.41, 5.74) is 13.6. The number of carbonyl (C=O) groups excluding carboxylic acids is 1. The van der Waals surface area contributed by atoms with Crippen molar-refractivity contribution in [2.45, 2.75) is 13.1 Å². The molecule has 0 aliphatic rings. The van der Waals surface area contributed by atoms with E-state index in [9.17, 15) is 4.79 Å². The molecule has 1 amide bonds. The van der Waals surface area contributed by atoms with Crippen LogP contribution in [-0.2, 0) is 13.1 Å². The lowest BCUT2D eigenvalue weighted by atomic mass is 10.1. The molecule has 0 saturated carbocycles. The molecule has 0 aliphatic heterocycles. The maximum atomic E-state index is 11.3. The van der Waals surface area contributed by atoms with Crippen LogP contribution in [0.15, 0.2) is 36.7 Å². The topological polar surface area (TPSA) is 99.8 Å². The molecular weight excluding hydrogens is 302 g/mol. The number of aromatic nitrogens is 3. The van der Waals surface area contributed by atoms with Crippen molar-refractivity contribution in [1.29, 1.82) is 0 Å². The second-order valence-corrected chi connectivity index (χ2v) is 5.37. The van der Waals surface area contributed by atoms with Crippen LogP contribution in [-0.4, -0.2) is 20.7 Å². The second-order valence-electron chi connectivity index (χ2n) is 4.94. The third kappa shape index (κ3) is 2.79. The van der Waals surface area contributed by atoms with Crippen molar-refractivity contribution in [3.05, 3.63) is 58.5 Å². The molecule has 6 nitrogen and oxygen atoms in total. The summed E-state index contributed by atoms with van der Waals surface area (Å²) in [6.07, 6.45) is 3.23. The van der Waals surface area contributed by atoms with Crippen LogP contribution in [0.25, 0.3) is 10.9 Å². The molecule has 0 unspecified atom stereocenters. The lowest BCUT2D eigenvalue weighted by Gasteiger charge is -2.04. The van der Waals surface area contributed by atoms with Gasteiger partial charge >= 0.3 is 0 Å². The van der Waals surface area contributed by atoms with Crippen LogP contribution in [0, 0.1) is 0 Å². The third-order valence-electron chi connectivity index (χ3n) is 3.35. The largest absolute Gasteiger partial charge is 0.365 e. The van der Waals surface area contributed by atoms with Gasteiger partial charge in [0.25, 0.3) is 5.91 Å². The van der Waals surface area contributed by atoms with E-state index in [4.69, 9.17) is 23.1 Å². The van der Waals surface area contributed by atoms with Gasteiger partial charge in [0, 0.05) is 24.3 Å². The Balaban J connectivity index is 1.94. The zero-order valence-electron chi connectivity index (χ0n) is 11.7. The van der Waals surface area contributed by atoms with Crippen molar-refractivity contribution in [3.63, 3.8) is 0 Å². The lowest BCUT2D eigenvalue weighted by molar-refractivity contribution is 0.0999. The second kappa shape index (κ2) is 5.75. The number of amides is 1. The highest BCUT2D eigenvalue weighted by Crippen LogP contribution is 2.19. The number of primary amides is 1. The van der Waals surface area contributed by atoms with Gasteiger partial charge < -0.3 is 11.5 Å². The first kappa shape index (κ1) is 14.5. The Morgan fingerprint density at radius 1 is 1.32 bits per heavy atom. The normalized spacial score (nSPS) is 11.0. The predicted molar refractivity (Wildman–Crippen MR) is 84.5 cm³/mol. The molecule has 3 rings (SSSR count). The third-order valence-corrected chi connectivity index (χ3v) is 3.56. The van der Waals surface area contributed by atoms with Crippen LogP contribution in [0.2, 0.25) is 5.02 Å².